The van der Waals surface area contributed by atoms with Crippen LogP contribution in [-0.4, -0.2) is 66.7 Å². The summed E-state index contributed by atoms with van der Waals surface area (Å²) in [6.07, 6.45) is 4.51. The molecule has 2 aromatic heterocycles. The third-order valence-corrected chi connectivity index (χ3v) is 5.23. The molecule has 1 amide bonds. The first-order chi connectivity index (χ1) is 16.7. The van der Waals surface area contributed by atoms with E-state index >= 15 is 0 Å². The molecule has 1 aromatic carbocycles. The number of imidazole rings is 1. The number of amides is 1. The van der Waals surface area contributed by atoms with Crippen LogP contribution >= 0.6 is 0 Å². The number of benzene rings is 1. The van der Waals surface area contributed by atoms with Crippen molar-refractivity contribution in [3.63, 3.8) is 0 Å². The molecule has 0 saturated heterocycles. The fourth-order valence-corrected chi connectivity index (χ4v) is 3.44. The van der Waals surface area contributed by atoms with E-state index < -0.39 is 36.2 Å². The van der Waals surface area contributed by atoms with E-state index in [2.05, 4.69) is 19.8 Å². The van der Waals surface area contributed by atoms with Crippen LogP contribution in [0.2, 0.25) is 0 Å². The van der Waals surface area contributed by atoms with Gasteiger partial charge in [0.2, 0.25) is 0 Å². The highest BCUT2D eigenvalue weighted by atomic mass is 19.3. The van der Waals surface area contributed by atoms with Gasteiger partial charge in [-0.05, 0) is 45.1 Å². The highest BCUT2D eigenvalue weighted by molar-refractivity contribution is 6.01. The van der Waals surface area contributed by atoms with Crippen LogP contribution in [-0.2, 0) is 0 Å². The molecule has 0 spiro atoms. The van der Waals surface area contributed by atoms with Crippen LogP contribution in [0.5, 0.6) is 17.2 Å². The minimum absolute atomic E-state index is 0.145. The van der Waals surface area contributed by atoms with E-state index in [4.69, 9.17) is 4.74 Å². The number of carbonyl (C=O) groups excluding carboxylic acids is 1. The second-order valence-electron chi connectivity index (χ2n) is 8.24. The Bertz CT molecular complexity index is 1170. The van der Waals surface area contributed by atoms with Crippen molar-refractivity contribution in [3.8, 4) is 28.5 Å². The molecule has 1 fully saturated rings. The van der Waals surface area contributed by atoms with Gasteiger partial charge in [0.25, 0.3) is 5.91 Å². The molecular weight excluding hydrogens is 472 g/mol. The maximum atomic E-state index is 13.2. The number of nitrogens with zero attached hydrogens (tertiary/aromatic N) is 3. The number of hydrogen-bond acceptors (Lipinski definition) is 6. The fourth-order valence-electron chi connectivity index (χ4n) is 3.44. The molecule has 0 atom stereocenters. The number of alkyl halides is 4. The lowest BCUT2D eigenvalue weighted by Gasteiger charge is -2.17. The second kappa shape index (κ2) is 10.4. The zero-order valence-corrected chi connectivity index (χ0v) is 19.0. The molecular formula is C23H24F4N4O4. The summed E-state index contributed by atoms with van der Waals surface area (Å²) in [5.74, 6) is -1.41. The molecule has 0 bridgehead atoms. The molecule has 3 aromatic rings. The number of pyridine rings is 1. The lowest BCUT2D eigenvalue weighted by Crippen LogP contribution is -2.27. The van der Waals surface area contributed by atoms with Gasteiger partial charge in [0.05, 0.1) is 11.9 Å². The zero-order chi connectivity index (χ0) is 25.1. The number of likely N-dealkylation sites (N-methyl/N-ethyl adjacent to an activating group) is 1. The number of carbonyl (C=O) groups is 1. The van der Waals surface area contributed by atoms with E-state index in [-0.39, 0.29) is 11.6 Å². The highest BCUT2D eigenvalue weighted by Gasteiger charge is 2.30. The Balaban J connectivity index is 1.73. The van der Waals surface area contributed by atoms with Gasteiger partial charge in [-0.1, -0.05) is 0 Å². The summed E-state index contributed by atoms with van der Waals surface area (Å²) < 4.78 is 69.1. The molecule has 4 rings (SSSR count). The number of nitrogens with one attached hydrogen (secondary N) is 1. The molecule has 0 aliphatic heterocycles. The Morgan fingerprint density at radius 1 is 1.14 bits per heavy atom. The molecule has 35 heavy (non-hydrogen) atoms. The van der Waals surface area contributed by atoms with Crippen LogP contribution in [0.25, 0.3) is 16.9 Å². The van der Waals surface area contributed by atoms with Gasteiger partial charge in [-0.15, -0.1) is 0 Å². The fraction of sp³-hybridized carbons (Fsp3) is 0.391. The number of rotatable bonds is 11. The van der Waals surface area contributed by atoms with Gasteiger partial charge in [-0.3, -0.25) is 9.20 Å². The van der Waals surface area contributed by atoms with Crippen molar-refractivity contribution in [1.82, 2.24) is 19.6 Å². The van der Waals surface area contributed by atoms with Gasteiger partial charge in [0, 0.05) is 30.4 Å². The van der Waals surface area contributed by atoms with Crippen molar-refractivity contribution in [1.29, 1.82) is 0 Å². The topological polar surface area (TPSA) is 77.3 Å². The predicted octanol–water partition coefficient (Wildman–Crippen LogP) is 4.04. The van der Waals surface area contributed by atoms with E-state index in [1.807, 2.05) is 19.0 Å². The van der Waals surface area contributed by atoms with Gasteiger partial charge in [0.15, 0.2) is 0 Å². The predicted molar refractivity (Wildman–Crippen MR) is 118 cm³/mol. The van der Waals surface area contributed by atoms with E-state index in [1.165, 1.54) is 18.3 Å². The first-order valence-corrected chi connectivity index (χ1v) is 10.8. The average molecular weight is 496 g/mol. The molecule has 12 heteroatoms. The maximum Gasteiger partial charge on any atom is 0.387 e. The van der Waals surface area contributed by atoms with Crippen LogP contribution in [0.4, 0.5) is 17.6 Å². The first-order valence-electron chi connectivity index (χ1n) is 10.8. The summed E-state index contributed by atoms with van der Waals surface area (Å²) in [5.41, 5.74) is 0.525. The summed E-state index contributed by atoms with van der Waals surface area (Å²) in [5, 5.41) is 2.59. The van der Waals surface area contributed by atoms with Crippen LogP contribution in [0, 0.1) is 0 Å². The van der Waals surface area contributed by atoms with Gasteiger partial charge < -0.3 is 24.4 Å². The molecule has 1 aliphatic rings. The summed E-state index contributed by atoms with van der Waals surface area (Å²) >= 11 is 0. The maximum absolute atomic E-state index is 13.2. The molecule has 188 valence electrons. The average Bonchev–Trinajstić information content (AvgIpc) is 3.47. The Morgan fingerprint density at radius 3 is 2.37 bits per heavy atom. The standard InChI is InChI=1S/C23H24F4N4O4/c1-30(2)7-8-33-15-5-6-31-16(12-28-19(31)11-15)13-9-17(34-22(24)25)20(18(10-13)35-23(26)27)21(32)29-14-3-4-14/h5-6,9-12,14,22-23H,3-4,7-8H2,1-2H3,(H,29,32). The van der Waals surface area contributed by atoms with Crippen molar-refractivity contribution in [2.24, 2.45) is 0 Å². The van der Waals surface area contributed by atoms with E-state index in [9.17, 15) is 22.4 Å². The van der Waals surface area contributed by atoms with Gasteiger partial charge in [0.1, 0.15) is 35.1 Å². The van der Waals surface area contributed by atoms with E-state index in [0.29, 0.717) is 43.1 Å². The smallest absolute Gasteiger partial charge is 0.387 e. The van der Waals surface area contributed by atoms with Crippen molar-refractivity contribution in [3.05, 3.63) is 42.2 Å². The summed E-state index contributed by atoms with van der Waals surface area (Å²) in [6.45, 7) is -5.41. The summed E-state index contributed by atoms with van der Waals surface area (Å²) in [6, 6.07) is 5.59. The Hall–Kier alpha value is -3.54. The number of halogens is 4. The first kappa shape index (κ1) is 24.6. The van der Waals surface area contributed by atoms with Crippen molar-refractivity contribution < 1.29 is 36.6 Å². The van der Waals surface area contributed by atoms with Gasteiger partial charge in [-0.25, -0.2) is 4.98 Å². The second-order valence-corrected chi connectivity index (χ2v) is 8.24. The van der Waals surface area contributed by atoms with E-state index in [0.717, 1.165) is 0 Å². The van der Waals surface area contributed by atoms with Crippen molar-refractivity contribution in [2.45, 2.75) is 32.1 Å². The minimum atomic E-state index is -3.29. The molecule has 0 radical (unpaired) electrons. The van der Waals surface area contributed by atoms with Crippen LogP contribution in [0.1, 0.15) is 23.2 Å². The zero-order valence-electron chi connectivity index (χ0n) is 19.0. The quantitative estimate of drug-likeness (QED) is 0.404. The molecule has 2 heterocycles. The van der Waals surface area contributed by atoms with Crippen LogP contribution < -0.4 is 19.5 Å². The summed E-state index contributed by atoms with van der Waals surface area (Å²) in [7, 11) is 3.85. The van der Waals surface area contributed by atoms with Gasteiger partial charge in [-0.2, -0.15) is 17.6 Å². The number of hydrogen-bond donors (Lipinski definition) is 1. The largest absolute Gasteiger partial charge is 0.492 e. The number of fused-ring (bicyclic) bond motifs is 1. The van der Waals surface area contributed by atoms with Gasteiger partial charge >= 0.3 is 13.2 Å². The SMILES string of the molecule is CN(C)CCOc1ccn2c(-c3cc(OC(F)F)c(C(=O)NC4CC4)c(OC(F)F)c3)cnc2c1. The molecule has 0 unspecified atom stereocenters. The monoisotopic (exact) mass is 496 g/mol. The molecule has 8 nitrogen and oxygen atoms in total. The minimum Gasteiger partial charge on any atom is -0.492 e. The van der Waals surface area contributed by atoms with Crippen molar-refractivity contribution >= 4 is 11.6 Å². The van der Waals surface area contributed by atoms with Crippen molar-refractivity contribution in [2.75, 3.05) is 27.2 Å². The highest BCUT2D eigenvalue weighted by Crippen LogP contribution is 2.38. The lowest BCUT2D eigenvalue weighted by atomic mass is 10.1. The molecule has 1 saturated carbocycles. The third kappa shape index (κ3) is 6.13. The number of aromatic nitrogens is 2. The van der Waals surface area contributed by atoms with Crippen LogP contribution in [0.3, 0.4) is 0 Å². The summed E-state index contributed by atoms with van der Waals surface area (Å²) in [4.78, 5) is 19.0. The normalized spacial score (nSPS) is 13.6. The van der Waals surface area contributed by atoms with Crippen LogP contribution in [0.15, 0.2) is 36.7 Å². The molecule has 1 aliphatic carbocycles. The Morgan fingerprint density at radius 2 is 1.80 bits per heavy atom. The lowest BCUT2D eigenvalue weighted by molar-refractivity contribution is -0.0548. The number of ether oxygens (including phenoxy) is 3. The third-order valence-electron chi connectivity index (χ3n) is 5.23. The Kier molecular flexibility index (Phi) is 7.29. The Labute approximate surface area is 198 Å². The molecule has 1 N–H and O–H groups in total. The van der Waals surface area contributed by atoms with E-state index in [1.54, 1.807) is 22.7 Å².